The largest absolute Gasteiger partial charge is 0.481 e. The summed E-state index contributed by atoms with van der Waals surface area (Å²) in [6.07, 6.45) is 17.1. The van der Waals surface area contributed by atoms with E-state index in [-0.39, 0.29) is 45.1 Å². The summed E-state index contributed by atoms with van der Waals surface area (Å²) in [5, 5.41) is 18.7. The SMILES string of the molecule is CO[n+]1ccc(C2=CCC=NN2[C@@H]2C[C@@]34COC[C@](C)([C@@H]3CC[C@H]3C4=CC[C@@]4(C)[C@H](C(=O)O)[C@@](C)([C@H](C)C(C)C)CC[C@]34C)[C@H]2OC[C@](C)(N)C(C)C)cc1. The number of ether oxygens (including phenoxy) is 2. The van der Waals surface area contributed by atoms with Crippen LogP contribution in [0.25, 0.3) is 5.70 Å². The Morgan fingerprint density at radius 1 is 1.07 bits per heavy atom. The van der Waals surface area contributed by atoms with Crippen LogP contribution < -0.4 is 15.3 Å². The van der Waals surface area contributed by atoms with Gasteiger partial charge in [0, 0.05) is 51.4 Å². The van der Waals surface area contributed by atoms with Crippen molar-refractivity contribution in [2.24, 2.45) is 73.4 Å². The molecular formula is C46H71N4O5+. The van der Waals surface area contributed by atoms with E-state index < -0.39 is 17.4 Å². The zero-order valence-corrected chi connectivity index (χ0v) is 35.7. The summed E-state index contributed by atoms with van der Waals surface area (Å²) in [6.45, 7) is 24.5. The predicted molar refractivity (Wildman–Crippen MR) is 217 cm³/mol. The molecule has 2 bridgehead atoms. The number of pyridine rings is 1. The number of carboxylic acid groups (broad SMARTS) is 1. The molecule has 3 N–H and O–H groups in total. The number of carboxylic acids is 1. The van der Waals surface area contributed by atoms with Gasteiger partial charge in [-0.25, -0.2) is 0 Å². The number of hydrogen-bond acceptors (Lipinski definition) is 7. The van der Waals surface area contributed by atoms with Crippen molar-refractivity contribution in [2.75, 3.05) is 26.9 Å². The van der Waals surface area contributed by atoms with Crippen LogP contribution in [-0.4, -0.2) is 66.9 Å². The molecule has 2 aliphatic heterocycles. The molecule has 9 heteroatoms. The lowest BCUT2D eigenvalue weighted by molar-refractivity contribution is -0.885. The number of aliphatic carboxylic acids is 1. The van der Waals surface area contributed by atoms with Crippen LogP contribution in [0.15, 0.2) is 47.4 Å². The van der Waals surface area contributed by atoms with E-state index in [2.05, 4.69) is 98.5 Å². The fraction of sp³-hybridized carbons (Fsp3) is 0.761. The van der Waals surface area contributed by atoms with Crippen molar-refractivity contribution in [3.05, 3.63) is 47.8 Å². The number of nitrogens with two attached hydrogens (primary N) is 1. The lowest BCUT2D eigenvalue weighted by Crippen LogP contribution is -2.71. The van der Waals surface area contributed by atoms with E-state index in [1.807, 2.05) is 18.6 Å². The van der Waals surface area contributed by atoms with Crippen molar-refractivity contribution in [3.63, 3.8) is 0 Å². The average Bonchev–Trinajstić information content (AvgIpc) is 3.14. The first-order valence-electron chi connectivity index (χ1n) is 21.3. The molecule has 4 fully saturated rings. The van der Waals surface area contributed by atoms with Crippen molar-refractivity contribution in [1.29, 1.82) is 0 Å². The molecule has 3 heterocycles. The third kappa shape index (κ3) is 5.97. The molecule has 6 aliphatic rings. The third-order valence-electron chi connectivity index (χ3n) is 17.5. The first kappa shape index (κ1) is 40.4. The molecule has 12 atom stereocenters. The molecule has 0 amide bonds. The maximum Gasteiger partial charge on any atom is 0.307 e. The van der Waals surface area contributed by atoms with E-state index in [4.69, 9.17) is 25.1 Å². The van der Waals surface area contributed by atoms with Crippen molar-refractivity contribution in [1.82, 2.24) is 5.01 Å². The standard InChI is InChI=1S/C46H70N4O5/c1-29(2)31(5)41(6)20-21-43(8)33-14-15-37-42(7)26-54-28-46(37,34(33)16-19-44(43,9)38(41)40(51)52)25-36(39(42)55-27-45(10,47)30(3)4)50-35(13-12-22-48-50)32-17-23-49(53-11)24-18-32/h13,16-18,22-24,29-31,33,36-39H,12,14-15,19-21,25-28,47H2,1-11H3/p+1/t31-,33+,36-,37+,38-,39+,41-,42-,43-,44+,45+,46+/m1/s1. The smallest absolute Gasteiger partial charge is 0.307 e. The fourth-order valence-electron chi connectivity index (χ4n) is 13.2. The van der Waals surface area contributed by atoms with Crippen LogP contribution in [0.3, 0.4) is 0 Å². The van der Waals surface area contributed by atoms with Crippen LogP contribution >= 0.6 is 0 Å². The predicted octanol–water partition coefficient (Wildman–Crippen LogP) is 7.78. The molecule has 0 spiro atoms. The van der Waals surface area contributed by atoms with E-state index in [1.165, 1.54) is 5.57 Å². The zero-order chi connectivity index (χ0) is 39.9. The number of hydrazone groups is 1. The molecule has 55 heavy (non-hydrogen) atoms. The van der Waals surface area contributed by atoms with E-state index in [1.54, 1.807) is 11.8 Å². The molecule has 9 nitrogen and oxygen atoms in total. The first-order valence-corrected chi connectivity index (χ1v) is 21.3. The highest BCUT2D eigenvalue weighted by Gasteiger charge is 2.72. The summed E-state index contributed by atoms with van der Waals surface area (Å²) in [5.74, 6) is 0.584. The van der Waals surface area contributed by atoms with E-state index in [9.17, 15) is 9.90 Å². The van der Waals surface area contributed by atoms with Crippen LogP contribution in [0.2, 0.25) is 0 Å². The van der Waals surface area contributed by atoms with E-state index in [0.717, 1.165) is 56.2 Å². The van der Waals surface area contributed by atoms with Crippen LogP contribution in [0.4, 0.5) is 0 Å². The molecular weight excluding hydrogens is 689 g/mol. The molecule has 1 aromatic heterocycles. The Kier molecular flexibility index (Phi) is 10.3. The lowest BCUT2D eigenvalue weighted by Gasteiger charge is -2.71. The molecule has 0 unspecified atom stereocenters. The minimum atomic E-state index is -0.620. The minimum absolute atomic E-state index is 0.0697. The topological polar surface area (TPSA) is 110 Å². The highest BCUT2D eigenvalue weighted by molar-refractivity contribution is 5.74. The summed E-state index contributed by atoms with van der Waals surface area (Å²) in [6, 6.07) is 4.13. The zero-order valence-electron chi connectivity index (χ0n) is 35.7. The number of rotatable bonds is 10. The van der Waals surface area contributed by atoms with Gasteiger partial charge in [-0.05, 0) is 91.3 Å². The Hall–Kier alpha value is -2.75. The Morgan fingerprint density at radius 3 is 2.42 bits per heavy atom. The van der Waals surface area contributed by atoms with E-state index >= 15 is 0 Å². The van der Waals surface area contributed by atoms with Gasteiger partial charge in [0.1, 0.15) is 7.11 Å². The van der Waals surface area contributed by atoms with Gasteiger partial charge in [-0.3, -0.25) is 14.6 Å². The molecule has 3 saturated carbocycles. The van der Waals surface area contributed by atoms with Gasteiger partial charge in [-0.1, -0.05) is 80.0 Å². The summed E-state index contributed by atoms with van der Waals surface area (Å²) in [5.41, 5.74) is 8.84. The van der Waals surface area contributed by atoms with Gasteiger partial charge >= 0.3 is 5.97 Å². The Labute approximate surface area is 331 Å². The highest BCUT2D eigenvalue weighted by Crippen LogP contribution is 2.75. The molecule has 0 radical (unpaired) electrons. The Balaban J connectivity index is 1.34. The summed E-state index contributed by atoms with van der Waals surface area (Å²) >= 11 is 0. The van der Waals surface area contributed by atoms with Gasteiger partial charge in [-0.2, -0.15) is 5.10 Å². The first-order chi connectivity index (χ1) is 25.8. The quantitative estimate of drug-likeness (QED) is 0.185. The van der Waals surface area contributed by atoms with Gasteiger partial charge in [0.2, 0.25) is 12.4 Å². The van der Waals surface area contributed by atoms with Gasteiger partial charge in [0.15, 0.2) is 0 Å². The maximum atomic E-state index is 13.6. The van der Waals surface area contributed by atoms with Crippen LogP contribution in [-0.2, 0) is 14.3 Å². The minimum Gasteiger partial charge on any atom is -0.481 e. The van der Waals surface area contributed by atoms with Crippen molar-refractivity contribution in [3.8, 4) is 0 Å². The molecule has 1 saturated heterocycles. The second-order valence-electron chi connectivity index (χ2n) is 20.6. The number of allylic oxidation sites excluding steroid dienone is 2. The Bertz CT molecular complexity index is 1720. The number of nitrogens with zero attached hydrogens (tertiary/aromatic N) is 3. The number of carbonyl (C=O) groups is 1. The van der Waals surface area contributed by atoms with Crippen LogP contribution in [0.1, 0.15) is 120 Å². The van der Waals surface area contributed by atoms with Gasteiger partial charge < -0.3 is 20.3 Å². The average molecular weight is 760 g/mol. The lowest BCUT2D eigenvalue weighted by atomic mass is 9.34. The van der Waals surface area contributed by atoms with Gasteiger partial charge in [0.25, 0.3) is 0 Å². The molecule has 304 valence electrons. The summed E-state index contributed by atoms with van der Waals surface area (Å²) in [7, 11) is 1.67. The number of hydrogen-bond donors (Lipinski definition) is 2. The second kappa shape index (κ2) is 14.0. The number of fused-ring (bicyclic) bond motifs is 3. The maximum absolute atomic E-state index is 13.6. The van der Waals surface area contributed by atoms with Gasteiger partial charge in [0.05, 0.1) is 43.6 Å². The normalized spacial score (nSPS) is 41.3. The van der Waals surface area contributed by atoms with E-state index in [0.29, 0.717) is 43.5 Å². The van der Waals surface area contributed by atoms with Crippen LogP contribution in [0, 0.1) is 62.6 Å². The van der Waals surface area contributed by atoms with Crippen molar-refractivity contribution < 1.29 is 28.9 Å². The van der Waals surface area contributed by atoms with Gasteiger partial charge in [-0.15, -0.1) is 0 Å². The summed E-state index contributed by atoms with van der Waals surface area (Å²) < 4.78 is 15.8. The molecule has 7 rings (SSSR count). The third-order valence-corrected chi connectivity index (χ3v) is 17.5. The highest BCUT2D eigenvalue weighted by atomic mass is 16.6. The summed E-state index contributed by atoms with van der Waals surface area (Å²) in [4.78, 5) is 19.1. The number of aromatic nitrogens is 1. The van der Waals surface area contributed by atoms with Crippen molar-refractivity contribution in [2.45, 2.75) is 132 Å². The monoisotopic (exact) mass is 760 g/mol. The van der Waals surface area contributed by atoms with Crippen LogP contribution in [0.5, 0.6) is 0 Å². The molecule has 4 aliphatic carbocycles. The fourth-order valence-corrected chi connectivity index (χ4v) is 13.2. The second-order valence-corrected chi connectivity index (χ2v) is 20.6. The van der Waals surface area contributed by atoms with Crippen molar-refractivity contribution >= 4 is 17.9 Å². The molecule has 0 aromatic carbocycles. The Morgan fingerprint density at radius 2 is 1.78 bits per heavy atom. The molecule has 1 aromatic rings.